The molecular formula is C26H22ClNO3. The van der Waals surface area contributed by atoms with Crippen LogP contribution in [-0.4, -0.2) is 5.91 Å². The Bertz CT molecular complexity index is 1350. The van der Waals surface area contributed by atoms with Gasteiger partial charge in [-0.25, -0.2) is 4.79 Å². The lowest BCUT2D eigenvalue weighted by Crippen LogP contribution is -2.21. The number of fused-ring (bicyclic) bond motifs is 1. The summed E-state index contributed by atoms with van der Waals surface area (Å²) in [7, 11) is 0. The monoisotopic (exact) mass is 431 g/mol. The number of amides is 1. The second-order valence-corrected chi connectivity index (χ2v) is 8.13. The van der Waals surface area contributed by atoms with E-state index in [0.717, 1.165) is 27.9 Å². The highest BCUT2D eigenvalue weighted by molar-refractivity contribution is 6.31. The summed E-state index contributed by atoms with van der Waals surface area (Å²) in [6.07, 6.45) is -0.109. The Labute approximate surface area is 185 Å². The Hall–Kier alpha value is -3.37. The largest absolute Gasteiger partial charge is 0.422 e. The van der Waals surface area contributed by atoms with Gasteiger partial charge in [0.25, 0.3) is 0 Å². The van der Waals surface area contributed by atoms with E-state index in [-0.39, 0.29) is 12.3 Å². The molecule has 0 bridgehead atoms. The third kappa shape index (κ3) is 4.12. The fourth-order valence-corrected chi connectivity index (χ4v) is 4.06. The van der Waals surface area contributed by atoms with Gasteiger partial charge in [0.05, 0.1) is 12.0 Å². The van der Waals surface area contributed by atoms with Gasteiger partial charge in [-0.05, 0) is 61.2 Å². The van der Waals surface area contributed by atoms with E-state index >= 15 is 0 Å². The molecule has 0 spiro atoms. The molecule has 1 aromatic heterocycles. The van der Waals surface area contributed by atoms with Gasteiger partial charge in [-0.2, -0.15) is 0 Å². The van der Waals surface area contributed by atoms with Crippen molar-refractivity contribution in [1.82, 2.24) is 0 Å². The summed E-state index contributed by atoms with van der Waals surface area (Å²) in [5, 5.41) is 4.20. The highest BCUT2D eigenvalue weighted by Crippen LogP contribution is 2.34. The van der Waals surface area contributed by atoms with Gasteiger partial charge in [0.2, 0.25) is 5.91 Å². The number of benzene rings is 3. The Morgan fingerprint density at radius 3 is 2.32 bits per heavy atom. The standard InChI is InChI=1S/C26H22ClNO3/c1-15-7-4-5-10-19(15)24-20-13-18(27)11-12-22(20)31-26(30)21(24)14-23(29)28-25-16(2)8-6-9-17(25)3/h4-13H,14H2,1-3H3,(H,28,29). The molecule has 0 saturated heterocycles. The van der Waals surface area contributed by atoms with Crippen molar-refractivity contribution in [3.8, 4) is 11.1 Å². The van der Waals surface area contributed by atoms with Gasteiger partial charge in [-0.3, -0.25) is 4.79 Å². The number of hydrogen-bond donors (Lipinski definition) is 1. The second kappa shape index (κ2) is 8.40. The molecule has 1 amide bonds. The first-order valence-corrected chi connectivity index (χ1v) is 10.4. The van der Waals surface area contributed by atoms with Crippen molar-refractivity contribution in [3.63, 3.8) is 0 Å². The highest BCUT2D eigenvalue weighted by atomic mass is 35.5. The van der Waals surface area contributed by atoms with Crippen LogP contribution in [0.25, 0.3) is 22.1 Å². The van der Waals surface area contributed by atoms with Crippen LogP contribution >= 0.6 is 11.6 Å². The van der Waals surface area contributed by atoms with Gasteiger partial charge in [-0.15, -0.1) is 0 Å². The predicted octanol–water partition coefficient (Wildman–Crippen LogP) is 6.22. The molecule has 1 heterocycles. The third-order valence-corrected chi connectivity index (χ3v) is 5.69. The Balaban J connectivity index is 1.87. The van der Waals surface area contributed by atoms with E-state index in [0.29, 0.717) is 27.1 Å². The highest BCUT2D eigenvalue weighted by Gasteiger charge is 2.21. The summed E-state index contributed by atoms with van der Waals surface area (Å²) in [4.78, 5) is 26.0. The van der Waals surface area contributed by atoms with Crippen molar-refractivity contribution in [3.05, 3.63) is 98.4 Å². The zero-order valence-electron chi connectivity index (χ0n) is 17.6. The lowest BCUT2D eigenvalue weighted by atomic mass is 9.92. The second-order valence-electron chi connectivity index (χ2n) is 7.69. The van der Waals surface area contributed by atoms with Crippen molar-refractivity contribution in [2.24, 2.45) is 0 Å². The minimum absolute atomic E-state index is 0.109. The molecule has 0 aliphatic heterocycles. The van der Waals surface area contributed by atoms with Crippen LogP contribution in [0.5, 0.6) is 0 Å². The summed E-state index contributed by atoms with van der Waals surface area (Å²) >= 11 is 6.26. The molecule has 5 heteroatoms. The van der Waals surface area contributed by atoms with E-state index in [1.54, 1.807) is 18.2 Å². The molecular weight excluding hydrogens is 410 g/mol. The number of carbonyl (C=O) groups is 1. The van der Waals surface area contributed by atoms with Crippen LogP contribution < -0.4 is 10.9 Å². The van der Waals surface area contributed by atoms with Crippen molar-refractivity contribution < 1.29 is 9.21 Å². The van der Waals surface area contributed by atoms with E-state index in [1.165, 1.54) is 0 Å². The molecule has 3 aromatic carbocycles. The molecule has 31 heavy (non-hydrogen) atoms. The van der Waals surface area contributed by atoms with E-state index in [9.17, 15) is 9.59 Å². The molecule has 4 aromatic rings. The van der Waals surface area contributed by atoms with Crippen LogP contribution in [0.1, 0.15) is 22.3 Å². The van der Waals surface area contributed by atoms with E-state index in [2.05, 4.69) is 5.32 Å². The normalized spacial score (nSPS) is 11.0. The van der Waals surface area contributed by atoms with Gasteiger partial charge in [0.15, 0.2) is 0 Å². The molecule has 156 valence electrons. The minimum atomic E-state index is -0.523. The molecule has 0 aliphatic rings. The SMILES string of the molecule is Cc1ccccc1-c1c(CC(=O)Nc2c(C)cccc2C)c(=O)oc2ccc(Cl)cc12. The lowest BCUT2D eigenvalue weighted by Gasteiger charge is -2.15. The van der Waals surface area contributed by atoms with Gasteiger partial charge >= 0.3 is 5.63 Å². The third-order valence-electron chi connectivity index (χ3n) is 5.46. The molecule has 0 saturated carbocycles. The maximum Gasteiger partial charge on any atom is 0.340 e. The lowest BCUT2D eigenvalue weighted by molar-refractivity contribution is -0.115. The Morgan fingerprint density at radius 1 is 0.935 bits per heavy atom. The maximum absolute atomic E-state index is 13.0. The number of nitrogens with one attached hydrogen (secondary N) is 1. The summed E-state index contributed by atoms with van der Waals surface area (Å²) in [6.45, 7) is 5.85. The van der Waals surface area contributed by atoms with Crippen LogP contribution in [0.2, 0.25) is 5.02 Å². The zero-order chi connectivity index (χ0) is 22.1. The fraction of sp³-hybridized carbons (Fsp3) is 0.154. The first kappa shape index (κ1) is 20.9. The number of anilines is 1. The summed E-state index contributed by atoms with van der Waals surface area (Å²) < 4.78 is 5.55. The molecule has 0 radical (unpaired) electrons. The number of aryl methyl sites for hydroxylation is 3. The summed E-state index contributed by atoms with van der Waals surface area (Å²) in [6, 6.07) is 18.7. The van der Waals surface area contributed by atoms with Crippen molar-refractivity contribution >= 4 is 34.2 Å². The molecule has 4 rings (SSSR count). The van der Waals surface area contributed by atoms with Gasteiger partial charge < -0.3 is 9.73 Å². The minimum Gasteiger partial charge on any atom is -0.422 e. The zero-order valence-corrected chi connectivity index (χ0v) is 18.3. The fourth-order valence-electron chi connectivity index (χ4n) is 3.89. The molecule has 0 fully saturated rings. The van der Waals surface area contributed by atoms with Crippen LogP contribution in [0.4, 0.5) is 5.69 Å². The van der Waals surface area contributed by atoms with E-state index < -0.39 is 5.63 Å². The molecule has 0 atom stereocenters. The average Bonchev–Trinajstić information content (AvgIpc) is 2.73. The van der Waals surface area contributed by atoms with Gasteiger partial charge in [0, 0.05) is 21.7 Å². The van der Waals surface area contributed by atoms with Crippen molar-refractivity contribution in [2.75, 3.05) is 5.32 Å². The molecule has 4 nitrogen and oxygen atoms in total. The molecule has 0 unspecified atom stereocenters. The van der Waals surface area contributed by atoms with Crippen LogP contribution in [0.3, 0.4) is 0 Å². The van der Waals surface area contributed by atoms with Crippen molar-refractivity contribution in [1.29, 1.82) is 0 Å². The Kier molecular flexibility index (Phi) is 5.66. The smallest absolute Gasteiger partial charge is 0.340 e. The number of para-hydroxylation sites is 1. The van der Waals surface area contributed by atoms with Crippen LogP contribution in [0.15, 0.2) is 69.9 Å². The predicted molar refractivity (Wildman–Crippen MR) is 126 cm³/mol. The van der Waals surface area contributed by atoms with Crippen LogP contribution in [-0.2, 0) is 11.2 Å². The number of rotatable bonds is 4. The van der Waals surface area contributed by atoms with E-state index in [1.807, 2.05) is 63.2 Å². The van der Waals surface area contributed by atoms with Crippen molar-refractivity contribution in [2.45, 2.75) is 27.2 Å². The first-order chi connectivity index (χ1) is 14.8. The van der Waals surface area contributed by atoms with Gasteiger partial charge in [0.1, 0.15) is 5.58 Å². The summed E-state index contributed by atoms with van der Waals surface area (Å²) in [5.41, 5.74) is 5.46. The average molecular weight is 432 g/mol. The van der Waals surface area contributed by atoms with Crippen LogP contribution in [0, 0.1) is 20.8 Å². The summed E-state index contributed by atoms with van der Waals surface area (Å²) in [5.74, 6) is -0.277. The quantitative estimate of drug-likeness (QED) is 0.390. The molecule has 1 N–H and O–H groups in total. The number of halogens is 1. The molecule has 0 aliphatic carbocycles. The van der Waals surface area contributed by atoms with Gasteiger partial charge in [-0.1, -0.05) is 54.1 Å². The number of carbonyl (C=O) groups excluding carboxylic acids is 1. The number of hydrogen-bond acceptors (Lipinski definition) is 3. The van der Waals surface area contributed by atoms with E-state index in [4.69, 9.17) is 16.0 Å². The maximum atomic E-state index is 13.0. The Morgan fingerprint density at radius 2 is 1.61 bits per heavy atom. The first-order valence-electron chi connectivity index (χ1n) is 10.0. The topological polar surface area (TPSA) is 59.3 Å².